The minimum absolute atomic E-state index is 0.859. The zero-order chi connectivity index (χ0) is 9.68. The molecule has 0 bridgehead atoms. The maximum atomic E-state index is 5.19. The third kappa shape index (κ3) is 2.88. The lowest BCUT2D eigenvalue weighted by atomic mass is 10.3. The van der Waals surface area contributed by atoms with Crippen molar-refractivity contribution in [3.63, 3.8) is 0 Å². The molecule has 0 aromatic carbocycles. The molecule has 2 nitrogen and oxygen atoms in total. The van der Waals surface area contributed by atoms with Crippen molar-refractivity contribution in [1.29, 1.82) is 0 Å². The second kappa shape index (κ2) is 5.50. The van der Waals surface area contributed by atoms with Crippen molar-refractivity contribution < 1.29 is 0 Å². The number of H-pyrrole nitrogens is 1. The van der Waals surface area contributed by atoms with Gasteiger partial charge in [0.15, 0.2) is 4.77 Å². The number of aromatic amines is 1. The average Bonchev–Trinajstić information content (AvgIpc) is 2.48. The molecule has 0 amide bonds. The number of aryl methyl sites for hydroxylation is 1. The molecule has 13 heavy (non-hydrogen) atoms. The lowest BCUT2D eigenvalue weighted by Gasteiger charge is -2.05. The van der Waals surface area contributed by atoms with Gasteiger partial charge in [-0.25, -0.2) is 0 Å². The van der Waals surface area contributed by atoms with Crippen LogP contribution in [0.5, 0.6) is 0 Å². The van der Waals surface area contributed by atoms with E-state index >= 15 is 0 Å². The molecule has 0 aliphatic heterocycles. The minimum Gasteiger partial charge on any atom is -0.337 e. The molecule has 1 rings (SSSR count). The first kappa shape index (κ1) is 10.9. The second-order valence-corrected chi connectivity index (χ2v) is 4.31. The highest BCUT2D eigenvalue weighted by Gasteiger charge is 2.00. The quantitative estimate of drug-likeness (QED) is 0.603. The van der Waals surface area contributed by atoms with Crippen molar-refractivity contribution in [2.24, 2.45) is 0 Å². The van der Waals surface area contributed by atoms with E-state index in [1.807, 2.05) is 18.0 Å². The molecule has 0 aliphatic rings. The van der Waals surface area contributed by atoms with Gasteiger partial charge in [-0.15, -0.1) is 0 Å². The molecular formula is C9H16N2S2. The van der Waals surface area contributed by atoms with Gasteiger partial charge < -0.3 is 9.55 Å². The summed E-state index contributed by atoms with van der Waals surface area (Å²) in [7, 11) is 0. The molecule has 0 aliphatic carbocycles. The summed E-state index contributed by atoms with van der Waals surface area (Å²) in [5, 5.41) is 0. The van der Waals surface area contributed by atoms with Crippen LogP contribution in [0.4, 0.5) is 0 Å². The monoisotopic (exact) mass is 216 g/mol. The van der Waals surface area contributed by atoms with E-state index in [4.69, 9.17) is 12.2 Å². The Balaban J connectivity index is 2.63. The summed E-state index contributed by atoms with van der Waals surface area (Å²) in [6.07, 6.45) is 6.39. The van der Waals surface area contributed by atoms with Gasteiger partial charge in [-0.05, 0) is 37.1 Å². The topological polar surface area (TPSA) is 20.7 Å². The van der Waals surface area contributed by atoms with E-state index < -0.39 is 0 Å². The Morgan fingerprint density at radius 3 is 3.00 bits per heavy atom. The molecule has 0 atom stereocenters. The van der Waals surface area contributed by atoms with Crippen LogP contribution in [-0.2, 0) is 13.0 Å². The van der Waals surface area contributed by atoms with E-state index in [-0.39, 0.29) is 0 Å². The molecule has 0 fully saturated rings. The normalized spacial score (nSPS) is 10.6. The highest BCUT2D eigenvalue weighted by atomic mass is 32.2. The standard InChI is InChI=1S/C9H16N2S2/c1-3-8-7-10-9(12)11(8)5-4-6-13-2/h7H,3-6H2,1-2H3,(H,10,12). The van der Waals surface area contributed by atoms with Crippen molar-refractivity contribution >= 4 is 24.0 Å². The van der Waals surface area contributed by atoms with Gasteiger partial charge in [0.2, 0.25) is 0 Å². The first-order valence-corrected chi connectivity index (χ1v) is 6.35. The van der Waals surface area contributed by atoms with Gasteiger partial charge in [0.25, 0.3) is 0 Å². The van der Waals surface area contributed by atoms with E-state index in [0.29, 0.717) is 0 Å². The van der Waals surface area contributed by atoms with E-state index in [2.05, 4.69) is 22.7 Å². The minimum atomic E-state index is 0.859. The highest BCUT2D eigenvalue weighted by Crippen LogP contribution is 2.05. The van der Waals surface area contributed by atoms with Gasteiger partial charge in [-0.1, -0.05) is 6.92 Å². The Kier molecular flexibility index (Phi) is 4.59. The van der Waals surface area contributed by atoms with Crippen LogP contribution in [0.1, 0.15) is 19.0 Å². The maximum Gasteiger partial charge on any atom is 0.177 e. The maximum absolute atomic E-state index is 5.19. The van der Waals surface area contributed by atoms with Crippen molar-refractivity contribution in [3.8, 4) is 0 Å². The molecule has 0 saturated carbocycles. The fourth-order valence-corrected chi connectivity index (χ4v) is 2.02. The van der Waals surface area contributed by atoms with E-state index in [1.54, 1.807) is 0 Å². The first-order valence-electron chi connectivity index (χ1n) is 4.55. The third-order valence-electron chi connectivity index (χ3n) is 2.05. The SMILES string of the molecule is CCc1c[nH]c(=S)n1CCCSC. The highest BCUT2D eigenvalue weighted by molar-refractivity contribution is 7.98. The Hall–Kier alpha value is -0.220. The molecule has 0 unspecified atom stereocenters. The summed E-state index contributed by atoms with van der Waals surface area (Å²) in [6.45, 7) is 3.20. The fraction of sp³-hybridized carbons (Fsp3) is 0.667. The molecule has 0 radical (unpaired) electrons. The largest absolute Gasteiger partial charge is 0.337 e. The van der Waals surface area contributed by atoms with E-state index in [9.17, 15) is 0 Å². The number of hydrogen-bond acceptors (Lipinski definition) is 2. The third-order valence-corrected chi connectivity index (χ3v) is 3.08. The second-order valence-electron chi connectivity index (χ2n) is 2.94. The molecule has 0 spiro atoms. The van der Waals surface area contributed by atoms with Gasteiger partial charge in [0.1, 0.15) is 0 Å². The predicted molar refractivity (Wildman–Crippen MR) is 62.0 cm³/mol. The lowest BCUT2D eigenvalue weighted by molar-refractivity contribution is 0.646. The number of aromatic nitrogens is 2. The Morgan fingerprint density at radius 1 is 1.62 bits per heavy atom. The number of nitrogens with one attached hydrogen (secondary N) is 1. The first-order chi connectivity index (χ1) is 6.29. The molecule has 74 valence electrons. The molecular weight excluding hydrogens is 200 g/mol. The number of imidazole rings is 1. The van der Waals surface area contributed by atoms with Gasteiger partial charge >= 0.3 is 0 Å². The summed E-state index contributed by atoms with van der Waals surface area (Å²) in [5.74, 6) is 1.20. The average molecular weight is 216 g/mol. The molecule has 0 saturated heterocycles. The van der Waals surface area contributed by atoms with Crippen LogP contribution < -0.4 is 0 Å². The van der Waals surface area contributed by atoms with Crippen molar-refractivity contribution in [2.75, 3.05) is 12.0 Å². The molecule has 1 heterocycles. The number of thioether (sulfide) groups is 1. The van der Waals surface area contributed by atoms with Crippen molar-refractivity contribution in [1.82, 2.24) is 9.55 Å². The number of hydrogen-bond donors (Lipinski definition) is 1. The molecule has 1 N–H and O–H groups in total. The molecule has 1 aromatic rings. The van der Waals surface area contributed by atoms with Crippen LogP contribution >= 0.6 is 24.0 Å². The fourth-order valence-electron chi connectivity index (χ4n) is 1.34. The van der Waals surface area contributed by atoms with Crippen molar-refractivity contribution in [3.05, 3.63) is 16.7 Å². The van der Waals surface area contributed by atoms with Crippen LogP contribution in [0.25, 0.3) is 0 Å². The van der Waals surface area contributed by atoms with Crippen LogP contribution in [0.3, 0.4) is 0 Å². The molecule has 4 heteroatoms. The Morgan fingerprint density at radius 2 is 2.38 bits per heavy atom. The molecule has 1 aromatic heterocycles. The summed E-state index contributed by atoms with van der Waals surface area (Å²) in [4.78, 5) is 3.09. The van der Waals surface area contributed by atoms with E-state index in [0.717, 1.165) is 17.7 Å². The number of nitrogens with zero attached hydrogens (tertiary/aromatic N) is 1. The van der Waals surface area contributed by atoms with Crippen LogP contribution in [0.15, 0.2) is 6.20 Å². The van der Waals surface area contributed by atoms with Gasteiger partial charge in [0.05, 0.1) is 0 Å². The van der Waals surface area contributed by atoms with Crippen molar-refractivity contribution in [2.45, 2.75) is 26.3 Å². The van der Waals surface area contributed by atoms with Gasteiger partial charge in [-0.2, -0.15) is 11.8 Å². The van der Waals surface area contributed by atoms with Crippen LogP contribution in [0.2, 0.25) is 0 Å². The van der Waals surface area contributed by atoms with Gasteiger partial charge in [-0.3, -0.25) is 0 Å². The summed E-state index contributed by atoms with van der Waals surface area (Å²) >= 11 is 7.07. The number of rotatable bonds is 5. The Labute approximate surface area is 88.7 Å². The summed E-state index contributed by atoms with van der Waals surface area (Å²) < 4.78 is 3.06. The van der Waals surface area contributed by atoms with Gasteiger partial charge in [0, 0.05) is 18.4 Å². The zero-order valence-electron chi connectivity index (χ0n) is 8.17. The lowest BCUT2D eigenvalue weighted by Crippen LogP contribution is -2.03. The Bertz CT molecular complexity index is 301. The summed E-state index contributed by atoms with van der Waals surface area (Å²) in [6, 6.07) is 0. The zero-order valence-corrected chi connectivity index (χ0v) is 9.80. The van der Waals surface area contributed by atoms with Crippen LogP contribution in [0, 0.1) is 4.77 Å². The summed E-state index contributed by atoms with van der Waals surface area (Å²) in [5.41, 5.74) is 1.31. The van der Waals surface area contributed by atoms with Crippen LogP contribution in [-0.4, -0.2) is 21.6 Å². The van der Waals surface area contributed by atoms with E-state index in [1.165, 1.54) is 17.9 Å². The predicted octanol–water partition coefficient (Wildman–Crippen LogP) is 2.86. The smallest absolute Gasteiger partial charge is 0.177 e.